The molecule has 5 aromatic rings. The highest BCUT2D eigenvalue weighted by Crippen LogP contribution is 2.47. The Morgan fingerprint density at radius 3 is 2.72 bits per heavy atom. The van der Waals surface area contributed by atoms with Crippen LogP contribution in [-0.4, -0.2) is 29.0 Å². The van der Waals surface area contributed by atoms with E-state index in [0.29, 0.717) is 23.0 Å². The van der Waals surface area contributed by atoms with Gasteiger partial charge in [-0.2, -0.15) is 10.4 Å². The van der Waals surface area contributed by atoms with Crippen LogP contribution in [0.15, 0.2) is 73.5 Å². The third-order valence-corrected chi connectivity index (χ3v) is 7.97. The summed E-state index contributed by atoms with van der Waals surface area (Å²) in [6.45, 7) is 0.447. The van der Waals surface area contributed by atoms with Crippen molar-refractivity contribution in [2.24, 2.45) is 13.0 Å². The van der Waals surface area contributed by atoms with Gasteiger partial charge in [-0.1, -0.05) is 24.4 Å². The van der Waals surface area contributed by atoms with Crippen LogP contribution in [-0.2, 0) is 13.6 Å². The van der Waals surface area contributed by atoms with E-state index < -0.39 is 0 Å². The first-order valence-corrected chi connectivity index (χ1v) is 13.4. The number of fused-ring (bicyclic) bond motifs is 2. The molecule has 1 aliphatic carbocycles. The van der Waals surface area contributed by atoms with E-state index in [1.807, 2.05) is 81.9 Å². The number of hydroxylamine groups is 2. The number of hydrogen-bond acceptors (Lipinski definition) is 5. The first-order valence-electron chi connectivity index (χ1n) is 13.0. The summed E-state index contributed by atoms with van der Waals surface area (Å²) in [6.07, 6.45) is 12.3. The van der Waals surface area contributed by atoms with Gasteiger partial charge < -0.3 is 19.4 Å². The summed E-state index contributed by atoms with van der Waals surface area (Å²) >= 11 is 6.37. The molecule has 0 bridgehead atoms. The number of nitrogens with zero attached hydrogens (tertiary/aromatic N) is 7. The van der Waals surface area contributed by atoms with Crippen molar-refractivity contribution in [3.8, 4) is 17.5 Å². The fourth-order valence-corrected chi connectivity index (χ4v) is 5.82. The Hall–Kier alpha value is -4.32. The van der Waals surface area contributed by atoms with Crippen LogP contribution in [0, 0.1) is 22.5 Å². The van der Waals surface area contributed by atoms with E-state index in [4.69, 9.17) is 16.7 Å². The maximum atomic E-state index is 13.5. The SMILES string of the molecule is Cn1cc(C#N)cc1-c1c2c(nn1Cc1ccnc3ccc(Cl)cc13)C(CC1CC1)N([O-])C=C2n1cccc1. The van der Waals surface area contributed by atoms with Gasteiger partial charge >= 0.3 is 0 Å². The second-order valence-corrected chi connectivity index (χ2v) is 10.8. The number of nitriles is 1. The highest BCUT2D eigenvalue weighted by atomic mass is 35.5. The second kappa shape index (κ2) is 9.16. The van der Waals surface area contributed by atoms with Gasteiger partial charge in [0, 0.05) is 48.4 Å². The molecule has 9 heteroatoms. The van der Waals surface area contributed by atoms with Crippen LogP contribution < -0.4 is 0 Å². The molecule has 0 spiro atoms. The monoisotopic (exact) mass is 534 g/mol. The number of halogens is 1. The van der Waals surface area contributed by atoms with E-state index in [9.17, 15) is 10.5 Å². The highest BCUT2D eigenvalue weighted by molar-refractivity contribution is 6.31. The van der Waals surface area contributed by atoms with Crippen molar-refractivity contribution in [2.45, 2.75) is 31.8 Å². The van der Waals surface area contributed by atoms with Gasteiger partial charge in [0.2, 0.25) is 0 Å². The molecule has 194 valence electrons. The molecule has 0 radical (unpaired) electrons. The van der Waals surface area contributed by atoms with Gasteiger partial charge in [-0.3, -0.25) is 9.67 Å². The molecule has 8 nitrogen and oxygen atoms in total. The third kappa shape index (κ3) is 4.11. The average molecular weight is 535 g/mol. The van der Waals surface area contributed by atoms with Crippen molar-refractivity contribution in [1.82, 2.24) is 29.0 Å². The Kier molecular flexibility index (Phi) is 5.58. The summed E-state index contributed by atoms with van der Waals surface area (Å²) in [4.78, 5) is 4.52. The Labute approximate surface area is 230 Å². The smallest absolute Gasteiger partial charge is 0.101 e. The molecule has 0 amide bonds. The minimum absolute atomic E-state index is 0.369. The van der Waals surface area contributed by atoms with E-state index in [2.05, 4.69) is 11.1 Å². The normalized spacial score (nSPS) is 16.8. The Morgan fingerprint density at radius 2 is 1.97 bits per heavy atom. The van der Waals surface area contributed by atoms with Crippen molar-refractivity contribution in [3.05, 3.63) is 106 Å². The lowest BCUT2D eigenvalue weighted by molar-refractivity contribution is 0.325. The number of aromatic nitrogens is 5. The zero-order chi connectivity index (χ0) is 26.7. The molecule has 1 atom stereocenters. The number of rotatable bonds is 6. The molecule has 7 rings (SSSR count). The lowest BCUT2D eigenvalue weighted by atomic mass is 9.95. The molecular formula is C30H25ClN7O-. The summed E-state index contributed by atoms with van der Waals surface area (Å²) < 4.78 is 5.90. The zero-order valence-corrected chi connectivity index (χ0v) is 22.1. The summed E-state index contributed by atoms with van der Waals surface area (Å²) in [5.74, 6) is 0.543. The van der Waals surface area contributed by atoms with E-state index in [1.165, 1.54) is 0 Å². The minimum Gasteiger partial charge on any atom is -0.758 e. The molecular weight excluding hydrogens is 510 g/mol. The van der Waals surface area contributed by atoms with Crippen LogP contribution in [0.25, 0.3) is 28.0 Å². The predicted octanol–water partition coefficient (Wildman–Crippen LogP) is 6.31. The fraction of sp³-hybridized carbons (Fsp3) is 0.233. The summed E-state index contributed by atoms with van der Waals surface area (Å²) in [7, 11) is 1.94. The summed E-state index contributed by atoms with van der Waals surface area (Å²) in [5.41, 5.74) is 6.63. The summed E-state index contributed by atoms with van der Waals surface area (Å²) in [6, 6.07) is 15.3. The highest BCUT2D eigenvalue weighted by Gasteiger charge is 2.36. The molecule has 1 saturated carbocycles. The van der Waals surface area contributed by atoms with Crippen molar-refractivity contribution >= 4 is 28.2 Å². The molecule has 1 unspecified atom stereocenters. The second-order valence-electron chi connectivity index (χ2n) is 10.4. The first-order chi connectivity index (χ1) is 19.0. The van der Waals surface area contributed by atoms with Gasteiger partial charge in [-0.05, 0) is 60.4 Å². The Balaban J connectivity index is 1.48. The molecule has 1 aromatic carbocycles. The first kappa shape index (κ1) is 23.8. The largest absolute Gasteiger partial charge is 0.758 e. The van der Waals surface area contributed by atoms with E-state index >= 15 is 0 Å². The van der Waals surface area contributed by atoms with E-state index in [-0.39, 0.29) is 6.04 Å². The van der Waals surface area contributed by atoms with Crippen molar-refractivity contribution < 1.29 is 0 Å². The maximum absolute atomic E-state index is 13.5. The molecule has 1 fully saturated rings. The Morgan fingerprint density at radius 1 is 1.15 bits per heavy atom. The molecule has 0 saturated heterocycles. The maximum Gasteiger partial charge on any atom is 0.101 e. The topological polar surface area (TPSA) is 90.7 Å². The van der Waals surface area contributed by atoms with Crippen LogP contribution >= 0.6 is 11.6 Å². The molecule has 1 aliphatic heterocycles. The van der Waals surface area contributed by atoms with Crippen LogP contribution in [0.1, 0.15) is 47.7 Å². The van der Waals surface area contributed by atoms with Crippen LogP contribution in [0.3, 0.4) is 0 Å². The zero-order valence-electron chi connectivity index (χ0n) is 21.3. The predicted molar refractivity (Wildman–Crippen MR) is 150 cm³/mol. The van der Waals surface area contributed by atoms with Gasteiger partial charge in [0.1, 0.15) is 6.07 Å². The molecule has 2 aliphatic rings. The number of pyridine rings is 1. The fourth-order valence-electron chi connectivity index (χ4n) is 5.65. The van der Waals surface area contributed by atoms with Crippen molar-refractivity contribution in [3.63, 3.8) is 0 Å². The van der Waals surface area contributed by atoms with Gasteiger partial charge in [0.25, 0.3) is 0 Å². The Bertz CT molecular complexity index is 1790. The quantitative estimate of drug-likeness (QED) is 0.254. The van der Waals surface area contributed by atoms with Crippen LogP contribution in [0.5, 0.6) is 0 Å². The minimum atomic E-state index is -0.369. The third-order valence-electron chi connectivity index (χ3n) is 7.73. The van der Waals surface area contributed by atoms with Gasteiger partial charge in [0.05, 0.1) is 52.0 Å². The lowest BCUT2D eigenvalue weighted by Crippen LogP contribution is -2.25. The molecule has 5 heterocycles. The van der Waals surface area contributed by atoms with Crippen LogP contribution in [0.2, 0.25) is 5.02 Å². The van der Waals surface area contributed by atoms with Gasteiger partial charge in [0.15, 0.2) is 0 Å². The van der Waals surface area contributed by atoms with Crippen molar-refractivity contribution in [2.75, 3.05) is 0 Å². The summed E-state index contributed by atoms with van der Waals surface area (Å²) in [5, 5.41) is 31.0. The van der Waals surface area contributed by atoms with E-state index in [1.54, 1.807) is 12.4 Å². The van der Waals surface area contributed by atoms with Crippen molar-refractivity contribution in [1.29, 1.82) is 5.26 Å². The van der Waals surface area contributed by atoms with Gasteiger partial charge in [-0.15, -0.1) is 0 Å². The number of aryl methyl sites for hydroxylation is 1. The number of hydrogen-bond donors (Lipinski definition) is 0. The average Bonchev–Trinajstić information content (AvgIpc) is 3.28. The molecule has 4 aromatic heterocycles. The van der Waals surface area contributed by atoms with E-state index in [0.717, 1.165) is 69.1 Å². The number of benzene rings is 1. The standard InChI is InChI=1S/C30H25ClN7O/c1-35-16-20(15-32)13-26(35)30-28-27(36-10-2-3-11-36)18-38(39)25(12-19-4-5-19)29(28)34-37(30)17-21-8-9-33-24-7-6-22(31)14-23(21)24/h2-3,6-11,13-14,16,18-19,25H,4-5,12,17H2,1H3/q-1. The van der Waals surface area contributed by atoms with Crippen LogP contribution in [0.4, 0.5) is 0 Å². The van der Waals surface area contributed by atoms with Gasteiger partial charge in [-0.25, -0.2) is 0 Å². The molecule has 39 heavy (non-hydrogen) atoms. The lowest BCUT2D eigenvalue weighted by Gasteiger charge is -2.40. The molecule has 0 N–H and O–H groups in total.